The van der Waals surface area contributed by atoms with Crippen LogP contribution in [0, 0.1) is 5.92 Å². The second kappa shape index (κ2) is 5.94. The number of nitrogens with zero attached hydrogens (tertiary/aromatic N) is 1. The molecule has 0 radical (unpaired) electrons. The van der Waals surface area contributed by atoms with Crippen molar-refractivity contribution in [1.82, 2.24) is 4.90 Å². The van der Waals surface area contributed by atoms with E-state index in [0.29, 0.717) is 5.92 Å². The third-order valence-electron chi connectivity index (χ3n) is 3.66. The van der Waals surface area contributed by atoms with Gasteiger partial charge in [0.05, 0.1) is 6.61 Å². The number of fused-ring (bicyclic) bond motifs is 1. The summed E-state index contributed by atoms with van der Waals surface area (Å²) in [4.78, 5) is 2.33. The minimum Gasteiger partial charge on any atom is -0.498 e. The highest BCUT2D eigenvalue weighted by Gasteiger charge is 2.34. The monoisotopic (exact) mass is 245 g/mol. The van der Waals surface area contributed by atoms with Crippen molar-refractivity contribution in [1.29, 1.82) is 0 Å². The van der Waals surface area contributed by atoms with Crippen molar-refractivity contribution >= 4 is 0 Å². The van der Waals surface area contributed by atoms with Gasteiger partial charge in [-0.2, -0.15) is 0 Å². The normalized spacial score (nSPS) is 21.6. The Labute approximate surface area is 110 Å². The van der Waals surface area contributed by atoms with Gasteiger partial charge >= 0.3 is 0 Å². The molecule has 0 amide bonds. The second-order valence-corrected chi connectivity index (χ2v) is 4.82. The zero-order valence-corrected chi connectivity index (χ0v) is 11.3. The lowest BCUT2D eigenvalue weighted by atomic mass is 10.0. The smallest absolute Gasteiger partial charge is 0.105 e. The summed E-state index contributed by atoms with van der Waals surface area (Å²) in [5, 5.41) is 0. The predicted molar refractivity (Wildman–Crippen MR) is 76.0 cm³/mol. The zero-order chi connectivity index (χ0) is 13.0. The zero-order valence-electron chi connectivity index (χ0n) is 11.3. The lowest BCUT2D eigenvalue weighted by molar-refractivity contribution is 0.203. The van der Waals surface area contributed by atoms with E-state index in [1.54, 1.807) is 5.57 Å². The summed E-state index contributed by atoms with van der Waals surface area (Å²) in [6, 6.07) is 0. The molecule has 0 spiro atoms. The number of allylic oxidation sites excluding steroid dienone is 2. The van der Waals surface area contributed by atoms with Crippen LogP contribution < -0.4 is 0 Å². The molecule has 0 aromatic heterocycles. The highest BCUT2D eigenvalue weighted by Crippen LogP contribution is 2.44. The lowest BCUT2D eigenvalue weighted by Crippen LogP contribution is -2.22. The van der Waals surface area contributed by atoms with Gasteiger partial charge in [0, 0.05) is 24.7 Å². The van der Waals surface area contributed by atoms with Crippen molar-refractivity contribution in [3.63, 3.8) is 0 Å². The molecular weight excluding hydrogens is 222 g/mol. The Morgan fingerprint density at radius 1 is 1.39 bits per heavy atom. The quantitative estimate of drug-likeness (QED) is 0.635. The van der Waals surface area contributed by atoms with Gasteiger partial charge in [-0.3, -0.25) is 0 Å². The Kier molecular flexibility index (Phi) is 4.29. The lowest BCUT2D eigenvalue weighted by Gasteiger charge is -2.23. The van der Waals surface area contributed by atoms with Gasteiger partial charge in [0.2, 0.25) is 0 Å². The van der Waals surface area contributed by atoms with Gasteiger partial charge in [-0.1, -0.05) is 12.2 Å². The van der Waals surface area contributed by atoms with Crippen molar-refractivity contribution in [3.05, 3.63) is 48.4 Å². The summed E-state index contributed by atoms with van der Waals surface area (Å²) in [5.74, 6) is 1.70. The topological polar surface area (TPSA) is 12.5 Å². The first kappa shape index (κ1) is 13.0. The van der Waals surface area contributed by atoms with E-state index >= 15 is 0 Å². The van der Waals surface area contributed by atoms with Crippen molar-refractivity contribution < 1.29 is 4.74 Å². The first-order valence-corrected chi connectivity index (χ1v) is 6.86. The molecule has 1 saturated carbocycles. The molecule has 1 atom stereocenters. The van der Waals surface area contributed by atoms with E-state index in [1.165, 1.54) is 25.0 Å². The summed E-state index contributed by atoms with van der Waals surface area (Å²) in [6.45, 7) is 12.2. The van der Waals surface area contributed by atoms with Gasteiger partial charge in [-0.05, 0) is 37.8 Å². The standard InChI is InChI=1S/C16H23NO/c1-4-10-17(11-5-2)15-12-16(18-6-3)14-9-7-8-13(14)15/h4-5,12,14H,1-2,6-11H2,3H3/t14-/m0/s1. The van der Waals surface area contributed by atoms with E-state index in [9.17, 15) is 0 Å². The Balaban J connectivity index is 2.24. The van der Waals surface area contributed by atoms with Crippen LogP contribution in [0.25, 0.3) is 0 Å². The molecule has 2 aliphatic rings. The largest absolute Gasteiger partial charge is 0.498 e. The van der Waals surface area contributed by atoms with Crippen LogP contribution in [0.4, 0.5) is 0 Å². The maximum absolute atomic E-state index is 5.79. The minimum absolute atomic E-state index is 0.539. The summed E-state index contributed by atoms with van der Waals surface area (Å²) < 4.78 is 5.79. The van der Waals surface area contributed by atoms with Gasteiger partial charge in [0.15, 0.2) is 0 Å². The summed E-state index contributed by atoms with van der Waals surface area (Å²) in [5.41, 5.74) is 2.91. The SMILES string of the molecule is C=CCN(CC=C)C1=C2CCC[C@@H]2C(OCC)=C1. The Morgan fingerprint density at radius 3 is 2.72 bits per heavy atom. The average Bonchev–Trinajstić information content (AvgIpc) is 2.93. The van der Waals surface area contributed by atoms with Crippen LogP contribution in [-0.2, 0) is 4.74 Å². The molecule has 0 bridgehead atoms. The summed E-state index contributed by atoms with van der Waals surface area (Å²) in [7, 11) is 0. The van der Waals surface area contributed by atoms with E-state index < -0.39 is 0 Å². The van der Waals surface area contributed by atoms with Gasteiger partial charge in [-0.25, -0.2) is 0 Å². The molecule has 1 fully saturated rings. The fourth-order valence-corrected chi connectivity index (χ4v) is 2.98. The fraction of sp³-hybridized carbons (Fsp3) is 0.500. The molecule has 2 heteroatoms. The maximum Gasteiger partial charge on any atom is 0.105 e. The van der Waals surface area contributed by atoms with E-state index in [2.05, 4.69) is 31.1 Å². The molecule has 0 N–H and O–H groups in total. The third kappa shape index (κ3) is 2.38. The molecule has 0 aromatic rings. The third-order valence-corrected chi connectivity index (χ3v) is 3.66. The average molecular weight is 245 g/mol. The van der Waals surface area contributed by atoms with Gasteiger partial charge in [0.1, 0.15) is 5.76 Å². The van der Waals surface area contributed by atoms with Crippen LogP contribution in [0.5, 0.6) is 0 Å². The molecule has 0 aliphatic heterocycles. The van der Waals surface area contributed by atoms with E-state index in [0.717, 1.165) is 25.5 Å². The molecule has 18 heavy (non-hydrogen) atoms. The first-order valence-electron chi connectivity index (χ1n) is 6.86. The Hall–Kier alpha value is -1.44. The molecule has 0 unspecified atom stereocenters. The van der Waals surface area contributed by atoms with Gasteiger partial charge in [0.25, 0.3) is 0 Å². The molecule has 2 rings (SSSR count). The molecule has 2 nitrogen and oxygen atoms in total. The van der Waals surface area contributed by atoms with E-state index in [-0.39, 0.29) is 0 Å². The fourth-order valence-electron chi connectivity index (χ4n) is 2.98. The summed E-state index contributed by atoms with van der Waals surface area (Å²) >= 11 is 0. The van der Waals surface area contributed by atoms with E-state index in [1.807, 2.05) is 12.2 Å². The number of hydrogen-bond acceptors (Lipinski definition) is 2. The molecule has 0 saturated heterocycles. The first-order chi connectivity index (χ1) is 8.81. The van der Waals surface area contributed by atoms with Crippen LogP contribution in [0.3, 0.4) is 0 Å². The van der Waals surface area contributed by atoms with Crippen LogP contribution in [0.15, 0.2) is 48.4 Å². The van der Waals surface area contributed by atoms with Crippen molar-refractivity contribution in [3.8, 4) is 0 Å². The van der Waals surface area contributed by atoms with Crippen molar-refractivity contribution in [2.75, 3.05) is 19.7 Å². The molecule has 0 aromatic carbocycles. The van der Waals surface area contributed by atoms with E-state index in [4.69, 9.17) is 4.74 Å². The molecule has 0 heterocycles. The Morgan fingerprint density at radius 2 is 2.11 bits per heavy atom. The maximum atomic E-state index is 5.79. The molecule has 98 valence electrons. The van der Waals surface area contributed by atoms with Crippen LogP contribution in [-0.4, -0.2) is 24.6 Å². The van der Waals surface area contributed by atoms with Crippen molar-refractivity contribution in [2.24, 2.45) is 5.92 Å². The molecular formula is C16H23NO. The number of rotatable bonds is 7. The number of hydrogen-bond donors (Lipinski definition) is 0. The van der Waals surface area contributed by atoms with Crippen LogP contribution >= 0.6 is 0 Å². The summed E-state index contributed by atoms with van der Waals surface area (Å²) in [6.07, 6.45) is 9.86. The van der Waals surface area contributed by atoms with Gasteiger partial charge < -0.3 is 9.64 Å². The molecule has 2 aliphatic carbocycles. The second-order valence-electron chi connectivity index (χ2n) is 4.82. The van der Waals surface area contributed by atoms with Crippen molar-refractivity contribution in [2.45, 2.75) is 26.2 Å². The van der Waals surface area contributed by atoms with Gasteiger partial charge in [-0.15, -0.1) is 13.2 Å². The number of ether oxygens (including phenoxy) is 1. The van der Waals surface area contributed by atoms with Crippen LogP contribution in [0.1, 0.15) is 26.2 Å². The highest BCUT2D eigenvalue weighted by atomic mass is 16.5. The van der Waals surface area contributed by atoms with Crippen LogP contribution in [0.2, 0.25) is 0 Å². The predicted octanol–water partition coefficient (Wildman–Crippen LogP) is 3.65. The highest BCUT2D eigenvalue weighted by molar-refractivity contribution is 5.41. The Bertz CT molecular complexity index is 382. The minimum atomic E-state index is 0.539.